The summed E-state index contributed by atoms with van der Waals surface area (Å²) in [6, 6.07) is 7.94. The summed E-state index contributed by atoms with van der Waals surface area (Å²) in [4.78, 5) is 22.7. The lowest BCUT2D eigenvalue weighted by molar-refractivity contribution is 0.0945. The second kappa shape index (κ2) is 6.51. The quantitative estimate of drug-likeness (QED) is 0.940. The molecule has 0 radical (unpaired) electrons. The van der Waals surface area contributed by atoms with Crippen LogP contribution in [0.15, 0.2) is 36.5 Å². The van der Waals surface area contributed by atoms with Crippen molar-refractivity contribution in [1.29, 1.82) is 0 Å². The molecule has 5 nitrogen and oxygen atoms in total. The summed E-state index contributed by atoms with van der Waals surface area (Å²) in [5.74, 6) is -0.0783. The summed E-state index contributed by atoms with van der Waals surface area (Å²) in [6.45, 7) is 1.97. The molecule has 3 rings (SSSR count). The Kier molecular flexibility index (Phi) is 4.27. The SMILES string of the molecule is O=C(NCc1ccccc1F)c1ccnc(N2CCCC2)n1. The number of rotatable bonds is 4. The third kappa shape index (κ3) is 3.21. The third-order valence-corrected chi connectivity index (χ3v) is 3.66. The van der Waals surface area contributed by atoms with Gasteiger partial charge in [-0.05, 0) is 25.0 Å². The van der Waals surface area contributed by atoms with Crippen LogP contribution in [0, 0.1) is 5.82 Å². The summed E-state index contributed by atoms with van der Waals surface area (Å²) >= 11 is 0. The van der Waals surface area contributed by atoms with Gasteiger partial charge in [0.1, 0.15) is 11.5 Å². The summed E-state index contributed by atoms with van der Waals surface area (Å²) < 4.78 is 13.5. The lowest BCUT2D eigenvalue weighted by atomic mass is 10.2. The zero-order valence-corrected chi connectivity index (χ0v) is 12.1. The predicted molar refractivity (Wildman–Crippen MR) is 81.0 cm³/mol. The molecular weight excluding hydrogens is 283 g/mol. The number of nitrogens with one attached hydrogen (secondary N) is 1. The topological polar surface area (TPSA) is 58.1 Å². The molecule has 1 aromatic carbocycles. The molecular formula is C16H17FN4O. The summed E-state index contributed by atoms with van der Waals surface area (Å²) in [7, 11) is 0. The van der Waals surface area contributed by atoms with Gasteiger partial charge >= 0.3 is 0 Å². The van der Waals surface area contributed by atoms with Crippen LogP contribution in [0.25, 0.3) is 0 Å². The van der Waals surface area contributed by atoms with E-state index in [2.05, 4.69) is 20.2 Å². The van der Waals surface area contributed by atoms with Crippen LogP contribution in [0.2, 0.25) is 0 Å². The number of carbonyl (C=O) groups is 1. The van der Waals surface area contributed by atoms with Gasteiger partial charge in [0.05, 0.1) is 0 Å². The maximum Gasteiger partial charge on any atom is 0.270 e. The molecule has 1 amide bonds. The number of benzene rings is 1. The van der Waals surface area contributed by atoms with Gasteiger partial charge in [-0.25, -0.2) is 14.4 Å². The Bertz CT molecular complexity index is 671. The van der Waals surface area contributed by atoms with E-state index >= 15 is 0 Å². The Balaban J connectivity index is 1.67. The van der Waals surface area contributed by atoms with Crippen LogP contribution in [0.1, 0.15) is 28.9 Å². The minimum Gasteiger partial charge on any atom is -0.347 e. The second-order valence-corrected chi connectivity index (χ2v) is 5.21. The Morgan fingerprint density at radius 3 is 2.77 bits per heavy atom. The highest BCUT2D eigenvalue weighted by atomic mass is 19.1. The predicted octanol–water partition coefficient (Wildman–Crippen LogP) is 2.15. The molecule has 0 aliphatic carbocycles. The zero-order chi connectivity index (χ0) is 15.4. The molecule has 1 N–H and O–H groups in total. The van der Waals surface area contributed by atoms with Crippen molar-refractivity contribution in [3.8, 4) is 0 Å². The fraction of sp³-hybridized carbons (Fsp3) is 0.312. The first-order valence-electron chi connectivity index (χ1n) is 7.33. The van der Waals surface area contributed by atoms with Gasteiger partial charge in [0.25, 0.3) is 5.91 Å². The monoisotopic (exact) mass is 300 g/mol. The molecule has 1 aliphatic rings. The molecule has 0 unspecified atom stereocenters. The minimum atomic E-state index is -0.330. The van der Waals surface area contributed by atoms with Gasteiger partial charge < -0.3 is 10.2 Å². The number of amides is 1. The molecule has 1 fully saturated rings. The molecule has 0 spiro atoms. The van der Waals surface area contributed by atoms with E-state index < -0.39 is 0 Å². The van der Waals surface area contributed by atoms with Crippen molar-refractivity contribution in [2.24, 2.45) is 0 Å². The number of carbonyl (C=O) groups excluding carboxylic acids is 1. The van der Waals surface area contributed by atoms with E-state index in [-0.39, 0.29) is 18.3 Å². The lowest BCUT2D eigenvalue weighted by Crippen LogP contribution is -2.26. The van der Waals surface area contributed by atoms with Gasteiger partial charge in [-0.3, -0.25) is 4.79 Å². The average Bonchev–Trinajstić information content (AvgIpc) is 3.08. The standard InChI is InChI=1S/C16H17FN4O/c17-13-6-2-1-5-12(13)11-19-15(22)14-7-8-18-16(20-14)21-9-3-4-10-21/h1-2,5-8H,3-4,9-11H2,(H,19,22). The van der Waals surface area contributed by atoms with Crippen molar-refractivity contribution in [3.63, 3.8) is 0 Å². The van der Waals surface area contributed by atoms with Crippen LogP contribution in [0.4, 0.5) is 10.3 Å². The van der Waals surface area contributed by atoms with Crippen LogP contribution < -0.4 is 10.2 Å². The fourth-order valence-electron chi connectivity index (χ4n) is 2.45. The van der Waals surface area contributed by atoms with Crippen molar-refractivity contribution < 1.29 is 9.18 Å². The molecule has 1 aliphatic heterocycles. The van der Waals surface area contributed by atoms with E-state index in [1.54, 1.807) is 30.5 Å². The fourth-order valence-corrected chi connectivity index (χ4v) is 2.45. The van der Waals surface area contributed by atoms with Crippen LogP contribution in [0.5, 0.6) is 0 Å². The van der Waals surface area contributed by atoms with E-state index in [0.717, 1.165) is 25.9 Å². The Morgan fingerprint density at radius 1 is 1.23 bits per heavy atom. The summed E-state index contributed by atoms with van der Waals surface area (Å²) in [5, 5.41) is 2.69. The van der Waals surface area contributed by atoms with Crippen LogP contribution >= 0.6 is 0 Å². The number of nitrogens with zero attached hydrogens (tertiary/aromatic N) is 3. The normalized spacial score (nSPS) is 14.1. The smallest absolute Gasteiger partial charge is 0.270 e. The van der Waals surface area contributed by atoms with Crippen molar-refractivity contribution in [3.05, 3.63) is 53.6 Å². The first-order valence-corrected chi connectivity index (χ1v) is 7.33. The van der Waals surface area contributed by atoms with E-state index in [0.29, 0.717) is 17.2 Å². The van der Waals surface area contributed by atoms with Crippen molar-refractivity contribution in [1.82, 2.24) is 15.3 Å². The van der Waals surface area contributed by atoms with Gasteiger partial charge in [0.15, 0.2) is 0 Å². The Labute approximate surface area is 128 Å². The second-order valence-electron chi connectivity index (χ2n) is 5.21. The van der Waals surface area contributed by atoms with Crippen LogP contribution in [-0.2, 0) is 6.54 Å². The largest absolute Gasteiger partial charge is 0.347 e. The number of hydrogen-bond donors (Lipinski definition) is 1. The van der Waals surface area contributed by atoms with Crippen LogP contribution in [-0.4, -0.2) is 29.0 Å². The Hall–Kier alpha value is -2.50. The third-order valence-electron chi connectivity index (χ3n) is 3.66. The first-order chi connectivity index (χ1) is 10.7. The van der Waals surface area contributed by atoms with E-state index in [9.17, 15) is 9.18 Å². The summed E-state index contributed by atoms with van der Waals surface area (Å²) in [6.07, 6.45) is 3.82. The molecule has 2 heterocycles. The average molecular weight is 300 g/mol. The number of hydrogen-bond acceptors (Lipinski definition) is 4. The Morgan fingerprint density at radius 2 is 2.00 bits per heavy atom. The van der Waals surface area contributed by atoms with Crippen molar-refractivity contribution in [2.75, 3.05) is 18.0 Å². The van der Waals surface area contributed by atoms with Crippen LogP contribution in [0.3, 0.4) is 0 Å². The molecule has 22 heavy (non-hydrogen) atoms. The van der Waals surface area contributed by atoms with E-state index in [4.69, 9.17) is 0 Å². The maximum absolute atomic E-state index is 13.5. The molecule has 1 aromatic heterocycles. The molecule has 6 heteroatoms. The molecule has 0 bridgehead atoms. The van der Waals surface area contributed by atoms with Gasteiger partial charge in [0, 0.05) is 31.4 Å². The van der Waals surface area contributed by atoms with Gasteiger partial charge in [-0.2, -0.15) is 0 Å². The molecule has 1 saturated heterocycles. The zero-order valence-electron chi connectivity index (χ0n) is 12.1. The highest BCUT2D eigenvalue weighted by Gasteiger charge is 2.17. The number of halogens is 1. The highest BCUT2D eigenvalue weighted by Crippen LogP contribution is 2.15. The van der Waals surface area contributed by atoms with E-state index in [1.807, 2.05) is 0 Å². The lowest BCUT2D eigenvalue weighted by Gasteiger charge is -2.15. The molecule has 114 valence electrons. The van der Waals surface area contributed by atoms with Gasteiger partial charge in [0.2, 0.25) is 5.95 Å². The number of aromatic nitrogens is 2. The first kappa shape index (κ1) is 14.4. The van der Waals surface area contributed by atoms with Gasteiger partial charge in [-0.15, -0.1) is 0 Å². The van der Waals surface area contributed by atoms with Crippen molar-refractivity contribution >= 4 is 11.9 Å². The number of anilines is 1. The van der Waals surface area contributed by atoms with Gasteiger partial charge in [-0.1, -0.05) is 18.2 Å². The maximum atomic E-state index is 13.5. The minimum absolute atomic E-state index is 0.133. The summed E-state index contributed by atoms with van der Waals surface area (Å²) in [5.41, 5.74) is 0.748. The highest BCUT2D eigenvalue weighted by molar-refractivity contribution is 5.92. The molecule has 2 aromatic rings. The van der Waals surface area contributed by atoms with E-state index in [1.165, 1.54) is 6.07 Å². The molecule has 0 saturated carbocycles. The molecule has 0 atom stereocenters. The van der Waals surface area contributed by atoms with Crippen molar-refractivity contribution in [2.45, 2.75) is 19.4 Å².